The molecular weight excluding hydrogens is 286 g/mol. The number of hydrogen-bond donors (Lipinski definition) is 0. The Morgan fingerprint density at radius 3 is 2.32 bits per heavy atom. The maximum absolute atomic E-state index is 12.5. The maximum Gasteiger partial charge on any atom is 0.410 e. The Hall–Kier alpha value is -1.59. The van der Waals surface area contributed by atoms with E-state index in [0.717, 1.165) is 0 Å². The number of ether oxygens (including phenoxy) is 2. The molecule has 0 saturated carbocycles. The first-order chi connectivity index (χ1) is 9.98. The molecule has 22 heavy (non-hydrogen) atoms. The minimum Gasteiger partial charge on any atom is -0.466 e. The van der Waals surface area contributed by atoms with Crippen molar-refractivity contribution >= 4 is 17.8 Å². The molecule has 1 aliphatic rings. The predicted octanol–water partition coefficient (Wildman–Crippen LogP) is 2.54. The van der Waals surface area contributed by atoms with Gasteiger partial charge in [0.1, 0.15) is 12.0 Å². The molecule has 0 aromatic rings. The molecular formula is C16H27NO5. The average Bonchev–Trinajstić information content (AvgIpc) is 2.62. The van der Waals surface area contributed by atoms with Gasteiger partial charge >= 0.3 is 12.1 Å². The lowest BCUT2D eigenvalue weighted by atomic mass is 9.82. The molecule has 0 N–H and O–H groups in total. The van der Waals surface area contributed by atoms with Crippen LogP contribution < -0.4 is 0 Å². The number of nitrogens with zero attached hydrogens (tertiary/aromatic N) is 1. The number of amides is 1. The number of likely N-dealkylation sites (tertiary alicyclic amines) is 1. The van der Waals surface area contributed by atoms with E-state index in [0.29, 0.717) is 13.0 Å². The van der Waals surface area contributed by atoms with Gasteiger partial charge in [-0.25, -0.2) is 4.79 Å². The molecule has 1 saturated heterocycles. The Kier molecular flexibility index (Phi) is 5.59. The summed E-state index contributed by atoms with van der Waals surface area (Å²) in [4.78, 5) is 37.8. The van der Waals surface area contributed by atoms with Crippen LogP contribution in [0, 0.1) is 5.41 Å². The summed E-state index contributed by atoms with van der Waals surface area (Å²) in [6.07, 6.45) is -0.146. The summed E-state index contributed by atoms with van der Waals surface area (Å²) < 4.78 is 10.2. The summed E-state index contributed by atoms with van der Waals surface area (Å²) in [6, 6.07) is -0.660. The minimum atomic E-state index is -0.660. The van der Waals surface area contributed by atoms with Gasteiger partial charge in [0.15, 0.2) is 5.78 Å². The number of hydrogen-bond acceptors (Lipinski definition) is 5. The number of carbonyl (C=O) groups is 3. The van der Waals surface area contributed by atoms with Crippen molar-refractivity contribution < 1.29 is 23.9 Å². The third-order valence-corrected chi connectivity index (χ3v) is 3.61. The van der Waals surface area contributed by atoms with Crippen molar-refractivity contribution in [2.75, 3.05) is 13.2 Å². The van der Waals surface area contributed by atoms with Crippen molar-refractivity contribution in [1.29, 1.82) is 0 Å². The van der Waals surface area contributed by atoms with Crippen LogP contribution in [0.25, 0.3) is 0 Å². The van der Waals surface area contributed by atoms with Crippen molar-refractivity contribution in [3.05, 3.63) is 0 Å². The third-order valence-electron chi connectivity index (χ3n) is 3.61. The highest BCUT2D eigenvalue weighted by molar-refractivity contribution is 6.00. The summed E-state index contributed by atoms with van der Waals surface area (Å²) in [7, 11) is 0. The van der Waals surface area contributed by atoms with Crippen LogP contribution in [0.3, 0.4) is 0 Å². The Balaban J connectivity index is 2.88. The molecule has 1 aliphatic heterocycles. The van der Waals surface area contributed by atoms with Gasteiger partial charge in [-0.15, -0.1) is 0 Å². The lowest BCUT2D eigenvalue weighted by Gasteiger charge is -2.32. The Morgan fingerprint density at radius 2 is 1.82 bits per heavy atom. The Bertz CT molecular complexity index is 450. The Morgan fingerprint density at radius 1 is 1.23 bits per heavy atom. The SMILES string of the molecule is CCOC(=O)CC(=O)[C@H]1N(C(=O)OC(C)(C)C)CCC1(C)C. The van der Waals surface area contributed by atoms with E-state index in [1.54, 1.807) is 27.7 Å². The van der Waals surface area contributed by atoms with Crippen LogP contribution in [0.4, 0.5) is 4.79 Å². The third kappa shape index (κ3) is 4.71. The molecule has 0 spiro atoms. The quantitative estimate of drug-likeness (QED) is 0.589. The van der Waals surface area contributed by atoms with Crippen LogP contribution in [-0.2, 0) is 19.1 Å². The number of ketones is 1. The molecule has 0 bridgehead atoms. The largest absolute Gasteiger partial charge is 0.466 e. The van der Waals surface area contributed by atoms with Crippen molar-refractivity contribution in [2.24, 2.45) is 5.41 Å². The van der Waals surface area contributed by atoms with Crippen LogP contribution in [0.15, 0.2) is 0 Å². The normalized spacial score (nSPS) is 20.6. The molecule has 0 aromatic heterocycles. The molecule has 1 fully saturated rings. The zero-order valence-electron chi connectivity index (χ0n) is 14.4. The highest BCUT2D eigenvalue weighted by Gasteiger charge is 2.48. The van der Waals surface area contributed by atoms with E-state index in [9.17, 15) is 14.4 Å². The van der Waals surface area contributed by atoms with Gasteiger partial charge in [0, 0.05) is 6.54 Å². The summed E-state index contributed by atoms with van der Waals surface area (Å²) in [5, 5.41) is 0. The predicted molar refractivity (Wildman–Crippen MR) is 81.4 cm³/mol. The van der Waals surface area contributed by atoms with Crippen molar-refractivity contribution in [1.82, 2.24) is 4.90 Å². The summed E-state index contributed by atoms with van der Waals surface area (Å²) in [5.74, 6) is -0.855. The van der Waals surface area contributed by atoms with E-state index in [2.05, 4.69) is 0 Å². The molecule has 1 amide bonds. The summed E-state index contributed by atoms with van der Waals surface area (Å²) in [6.45, 7) is 11.5. The van der Waals surface area contributed by atoms with E-state index in [4.69, 9.17) is 9.47 Å². The van der Waals surface area contributed by atoms with Gasteiger partial charge in [-0.1, -0.05) is 13.8 Å². The van der Waals surface area contributed by atoms with E-state index >= 15 is 0 Å². The van der Waals surface area contributed by atoms with Gasteiger partial charge in [0.05, 0.1) is 12.6 Å². The molecule has 0 aromatic carbocycles. The van der Waals surface area contributed by atoms with Gasteiger partial charge in [0.25, 0.3) is 0 Å². The minimum absolute atomic E-state index is 0.232. The van der Waals surface area contributed by atoms with Gasteiger partial charge in [-0.2, -0.15) is 0 Å². The second-order valence-electron chi connectivity index (χ2n) is 7.26. The van der Waals surface area contributed by atoms with Gasteiger partial charge < -0.3 is 9.47 Å². The highest BCUT2D eigenvalue weighted by Crippen LogP contribution is 2.38. The summed E-state index contributed by atoms with van der Waals surface area (Å²) >= 11 is 0. The first-order valence-corrected chi connectivity index (χ1v) is 7.66. The maximum atomic E-state index is 12.5. The number of rotatable bonds is 4. The molecule has 126 valence electrons. The molecule has 0 aliphatic carbocycles. The van der Waals surface area contributed by atoms with Crippen LogP contribution in [0.1, 0.15) is 54.4 Å². The fourth-order valence-corrected chi connectivity index (χ4v) is 2.67. The monoisotopic (exact) mass is 313 g/mol. The van der Waals surface area contributed by atoms with Crippen LogP contribution in [0.2, 0.25) is 0 Å². The van der Waals surface area contributed by atoms with Gasteiger partial charge in [-0.3, -0.25) is 14.5 Å². The summed E-state index contributed by atoms with van der Waals surface area (Å²) in [5.41, 5.74) is -1.01. The second-order valence-corrected chi connectivity index (χ2v) is 7.26. The van der Waals surface area contributed by atoms with E-state index in [1.165, 1.54) is 4.90 Å². The smallest absolute Gasteiger partial charge is 0.410 e. The van der Waals surface area contributed by atoms with Crippen molar-refractivity contribution in [2.45, 2.75) is 66.0 Å². The lowest BCUT2D eigenvalue weighted by molar-refractivity contribution is -0.147. The fourth-order valence-electron chi connectivity index (χ4n) is 2.67. The van der Waals surface area contributed by atoms with Crippen molar-refractivity contribution in [3.8, 4) is 0 Å². The average molecular weight is 313 g/mol. The van der Waals surface area contributed by atoms with E-state index < -0.39 is 23.7 Å². The van der Waals surface area contributed by atoms with Crippen LogP contribution >= 0.6 is 0 Å². The van der Waals surface area contributed by atoms with Gasteiger partial charge in [0.2, 0.25) is 0 Å². The van der Waals surface area contributed by atoms with Crippen LogP contribution in [-0.4, -0.2) is 47.5 Å². The first kappa shape index (κ1) is 18.5. The molecule has 1 heterocycles. The Labute approximate surface area is 132 Å². The first-order valence-electron chi connectivity index (χ1n) is 7.66. The number of esters is 1. The van der Waals surface area contributed by atoms with E-state index in [-0.39, 0.29) is 24.2 Å². The molecule has 6 heteroatoms. The second kappa shape index (κ2) is 6.67. The lowest BCUT2D eigenvalue weighted by Crippen LogP contribution is -2.48. The molecule has 0 unspecified atom stereocenters. The topological polar surface area (TPSA) is 72.9 Å². The molecule has 0 radical (unpaired) electrons. The fraction of sp³-hybridized carbons (Fsp3) is 0.812. The number of Topliss-reactive ketones (excluding diaryl/α,β-unsaturated/α-hetero) is 1. The molecule has 1 atom stereocenters. The molecule has 1 rings (SSSR count). The number of carbonyl (C=O) groups excluding carboxylic acids is 3. The zero-order valence-corrected chi connectivity index (χ0v) is 14.4. The van der Waals surface area contributed by atoms with Crippen molar-refractivity contribution in [3.63, 3.8) is 0 Å². The molecule has 6 nitrogen and oxygen atoms in total. The van der Waals surface area contributed by atoms with E-state index in [1.807, 2.05) is 13.8 Å². The van der Waals surface area contributed by atoms with Gasteiger partial charge in [-0.05, 0) is 39.5 Å². The van der Waals surface area contributed by atoms with Crippen LogP contribution in [0.5, 0.6) is 0 Å². The highest BCUT2D eigenvalue weighted by atomic mass is 16.6. The zero-order chi connectivity index (χ0) is 17.1. The standard InChI is InChI=1S/C16H27NO5/c1-7-21-12(19)10-11(18)13-16(5,6)8-9-17(13)14(20)22-15(2,3)4/h13H,7-10H2,1-6H3/t13-/m1/s1.